The molecule has 2 aliphatic carbocycles. The second kappa shape index (κ2) is 9.63. The molecule has 0 spiro atoms. The quantitative estimate of drug-likeness (QED) is 0.313. The zero-order chi connectivity index (χ0) is 27.2. The van der Waals surface area contributed by atoms with Gasteiger partial charge in [-0.3, -0.25) is 0 Å². The Hall–Kier alpha value is -2.56. The standard InChI is InChI=1S/C26H18Cl2F6O3/c27-19-13-23(35,15-5-1-3-7-17(15)25(29,30)31)11-9-21(19)37-22-10-12-24(36,14-20(22)28)16-6-2-4-8-18(16)26(32,33)34/h1-14,21-22,35-36H. The Morgan fingerprint density at radius 3 is 1.32 bits per heavy atom. The van der Waals surface area contributed by atoms with E-state index in [1.54, 1.807) is 0 Å². The van der Waals surface area contributed by atoms with Crippen molar-refractivity contribution in [1.82, 2.24) is 0 Å². The molecule has 0 heterocycles. The van der Waals surface area contributed by atoms with Crippen molar-refractivity contribution in [2.24, 2.45) is 0 Å². The monoisotopic (exact) mass is 562 g/mol. The van der Waals surface area contributed by atoms with E-state index in [0.29, 0.717) is 0 Å². The summed E-state index contributed by atoms with van der Waals surface area (Å²) in [6.45, 7) is 0. The molecule has 0 bridgehead atoms. The van der Waals surface area contributed by atoms with Gasteiger partial charge in [-0.2, -0.15) is 26.3 Å². The molecule has 4 unspecified atom stereocenters. The number of ether oxygens (including phenoxy) is 1. The highest BCUT2D eigenvalue weighted by Crippen LogP contribution is 2.43. The zero-order valence-corrected chi connectivity index (χ0v) is 20.1. The summed E-state index contributed by atoms with van der Waals surface area (Å²) in [7, 11) is 0. The molecular weight excluding hydrogens is 545 g/mol. The van der Waals surface area contributed by atoms with Crippen LogP contribution in [0, 0.1) is 0 Å². The maximum atomic E-state index is 13.4. The van der Waals surface area contributed by atoms with E-state index < -0.39 is 58.0 Å². The third-order valence-electron chi connectivity index (χ3n) is 5.93. The molecule has 0 radical (unpaired) electrons. The van der Waals surface area contributed by atoms with Crippen molar-refractivity contribution in [3.05, 3.63) is 117 Å². The molecule has 2 aliphatic rings. The van der Waals surface area contributed by atoms with Gasteiger partial charge in [-0.05, 0) is 36.4 Å². The van der Waals surface area contributed by atoms with E-state index in [9.17, 15) is 36.6 Å². The van der Waals surface area contributed by atoms with Crippen LogP contribution in [0.25, 0.3) is 0 Å². The maximum absolute atomic E-state index is 13.4. The van der Waals surface area contributed by atoms with Gasteiger partial charge in [-0.25, -0.2) is 0 Å². The Morgan fingerprint density at radius 1 is 0.649 bits per heavy atom. The van der Waals surface area contributed by atoms with E-state index in [4.69, 9.17) is 27.9 Å². The summed E-state index contributed by atoms with van der Waals surface area (Å²) < 4.78 is 86.5. The first-order chi connectivity index (χ1) is 17.1. The molecule has 2 N–H and O–H groups in total. The van der Waals surface area contributed by atoms with Crippen molar-refractivity contribution < 1.29 is 41.3 Å². The molecule has 4 atom stereocenters. The third kappa shape index (κ3) is 5.51. The first-order valence-corrected chi connectivity index (χ1v) is 11.5. The lowest BCUT2D eigenvalue weighted by Crippen LogP contribution is -2.33. The van der Waals surface area contributed by atoms with Gasteiger partial charge < -0.3 is 14.9 Å². The molecule has 11 heteroatoms. The summed E-state index contributed by atoms with van der Waals surface area (Å²) in [5.74, 6) is 0. The fraction of sp³-hybridized carbons (Fsp3) is 0.231. The summed E-state index contributed by atoms with van der Waals surface area (Å²) in [6.07, 6.45) is -4.87. The van der Waals surface area contributed by atoms with Crippen molar-refractivity contribution in [3.8, 4) is 0 Å². The predicted molar refractivity (Wildman–Crippen MR) is 125 cm³/mol. The highest BCUT2D eigenvalue weighted by atomic mass is 35.5. The topological polar surface area (TPSA) is 49.7 Å². The first kappa shape index (κ1) is 27.5. The van der Waals surface area contributed by atoms with Gasteiger partial charge in [0.15, 0.2) is 0 Å². The smallest absolute Gasteiger partial charge is 0.377 e. The molecule has 3 nitrogen and oxygen atoms in total. The number of rotatable bonds is 4. The summed E-state index contributed by atoms with van der Waals surface area (Å²) in [6, 6.07) is 8.99. The second-order valence-corrected chi connectivity index (χ2v) is 9.36. The molecule has 0 amide bonds. The van der Waals surface area contributed by atoms with Gasteiger partial charge in [0.25, 0.3) is 0 Å². The minimum atomic E-state index is -4.72. The van der Waals surface area contributed by atoms with E-state index in [1.165, 1.54) is 36.4 Å². The summed E-state index contributed by atoms with van der Waals surface area (Å²) in [5.41, 5.74) is -7.29. The largest absolute Gasteiger partial charge is 0.416 e. The predicted octanol–water partition coefficient (Wildman–Crippen LogP) is 6.94. The molecule has 0 aromatic heterocycles. The van der Waals surface area contributed by atoms with Gasteiger partial charge in [0, 0.05) is 11.1 Å². The highest BCUT2D eigenvalue weighted by Gasteiger charge is 2.42. The van der Waals surface area contributed by atoms with Crippen LogP contribution in [-0.2, 0) is 28.3 Å². The Balaban J connectivity index is 1.57. The van der Waals surface area contributed by atoms with Gasteiger partial charge in [-0.1, -0.05) is 71.8 Å². The summed E-state index contributed by atoms with van der Waals surface area (Å²) >= 11 is 12.5. The lowest BCUT2D eigenvalue weighted by Gasteiger charge is -2.33. The lowest BCUT2D eigenvalue weighted by molar-refractivity contribution is -0.140. The second-order valence-electron chi connectivity index (χ2n) is 8.49. The number of benzene rings is 2. The van der Waals surface area contributed by atoms with Gasteiger partial charge >= 0.3 is 12.4 Å². The van der Waals surface area contributed by atoms with Gasteiger partial charge in [0.1, 0.15) is 23.4 Å². The Morgan fingerprint density at radius 2 is 1.00 bits per heavy atom. The van der Waals surface area contributed by atoms with E-state index in [0.717, 1.165) is 48.6 Å². The molecular formula is C26H18Cl2F6O3. The molecule has 0 saturated carbocycles. The molecule has 0 fully saturated rings. The third-order valence-corrected chi connectivity index (χ3v) is 6.58. The molecule has 37 heavy (non-hydrogen) atoms. The molecule has 2 aromatic rings. The van der Waals surface area contributed by atoms with Gasteiger partial charge in [-0.15, -0.1) is 0 Å². The zero-order valence-electron chi connectivity index (χ0n) is 18.6. The fourth-order valence-corrected chi connectivity index (χ4v) is 4.79. The minimum Gasteiger partial charge on any atom is -0.377 e. The SMILES string of the molecule is OC1(c2ccccc2C(F)(F)F)C=CC(OC2C=CC(O)(c3ccccc3C(F)(F)F)C=C2Cl)C(Cl)=C1. The van der Waals surface area contributed by atoms with Crippen LogP contribution in [0.3, 0.4) is 0 Å². The van der Waals surface area contributed by atoms with Crippen molar-refractivity contribution in [3.63, 3.8) is 0 Å². The van der Waals surface area contributed by atoms with Crippen LogP contribution >= 0.6 is 23.2 Å². The number of aliphatic hydroxyl groups is 2. The Bertz CT molecular complexity index is 1210. The minimum absolute atomic E-state index is 0.150. The summed E-state index contributed by atoms with van der Waals surface area (Å²) in [4.78, 5) is 0. The van der Waals surface area contributed by atoms with Crippen LogP contribution in [-0.4, -0.2) is 22.4 Å². The first-order valence-electron chi connectivity index (χ1n) is 10.7. The average molecular weight is 563 g/mol. The highest BCUT2D eigenvalue weighted by molar-refractivity contribution is 6.31. The van der Waals surface area contributed by atoms with Crippen molar-refractivity contribution >= 4 is 23.2 Å². The van der Waals surface area contributed by atoms with E-state index in [1.807, 2.05) is 0 Å². The van der Waals surface area contributed by atoms with Gasteiger partial charge in [0.2, 0.25) is 0 Å². The van der Waals surface area contributed by atoms with Crippen molar-refractivity contribution in [2.75, 3.05) is 0 Å². The Kier molecular flexibility index (Phi) is 7.15. The Labute approximate surface area is 217 Å². The molecule has 4 rings (SSSR count). The lowest BCUT2D eigenvalue weighted by atomic mass is 9.85. The van der Waals surface area contributed by atoms with E-state index in [2.05, 4.69) is 0 Å². The molecule has 0 aliphatic heterocycles. The normalized spacial score (nSPS) is 28.2. The molecule has 0 saturated heterocycles. The van der Waals surface area contributed by atoms with Crippen LogP contribution in [0.4, 0.5) is 26.3 Å². The molecule has 2 aromatic carbocycles. The van der Waals surface area contributed by atoms with Crippen LogP contribution in [0.5, 0.6) is 0 Å². The van der Waals surface area contributed by atoms with Crippen LogP contribution in [0.15, 0.2) is 95.1 Å². The summed E-state index contributed by atoms with van der Waals surface area (Å²) in [5, 5.41) is 21.6. The van der Waals surface area contributed by atoms with Crippen molar-refractivity contribution in [1.29, 1.82) is 0 Å². The number of alkyl halides is 6. The number of halogens is 8. The van der Waals surface area contributed by atoms with E-state index in [-0.39, 0.29) is 10.1 Å². The van der Waals surface area contributed by atoms with Crippen molar-refractivity contribution in [2.45, 2.75) is 35.8 Å². The van der Waals surface area contributed by atoms with E-state index >= 15 is 0 Å². The maximum Gasteiger partial charge on any atom is 0.416 e. The fourth-order valence-electron chi connectivity index (χ4n) is 4.21. The van der Waals surface area contributed by atoms with Crippen LogP contribution < -0.4 is 0 Å². The molecule has 196 valence electrons. The number of hydrogen-bond donors (Lipinski definition) is 2. The average Bonchev–Trinajstić information content (AvgIpc) is 2.81. The van der Waals surface area contributed by atoms with Crippen LogP contribution in [0.2, 0.25) is 0 Å². The number of hydrogen-bond acceptors (Lipinski definition) is 3. The van der Waals surface area contributed by atoms with Gasteiger partial charge in [0.05, 0.1) is 21.2 Å². The van der Waals surface area contributed by atoms with Crippen LogP contribution in [0.1, 0.15) is 22.3 Å².